The Bertz CT molecular complexity index is 1100. The van der Waals surface area contributed by atoms with Crippen LogP contribution in [-0.2, 0) is 12.7 Å². The number of hydrogen-bond acceptors (Lipinski definition) is 2. The highest BCUT2D eigenvalue weighted by atomic mass is 19.4. The van der Waals surface area contributed by atoms with Gasteiger partial charge in [0.1, 0.15) is 17.2 Å². The molecule has 0 spiro atoms. The van der Waals surface area contributed by atoms with Crippen molar-refractivity contribution in [1.29, 1.82) is 0 Å². The van der Waals surface area contributed by atoms with Gasteiger partial charge in [-0.1, -0.05) is 48.5 Å². The van der Waals surface area contributed by atoms with Gasteiger partial charge in [0.25, 0.3) is 0 Å². The van der Waals surface area contributed by atoms with Gasteiger partial charge < -0.3 is 5.32 Å². The van der Waals surface area contributed by atoms with Crippen molar-refractivity contribution >= 4 is 11.5 Å². The predicted molar refractivity (Wildman–Crippen MR) is 104 cm³/mol. The van der Waals surface area contributed by atoms with E-state index in [1.54, 1.807) is 0 Å². The summed E-state index contributed by atoms with van der Waals surface area (Å²) in [6.45, 7) is 2.55. The van der Waals surface area contributed by atoms with Crippen LogP contribution in [0.3, 0.4) is 0 Å². The summed E-state index contributed by atoms with van der Waals surface area (Å²) in [4.78, 5) is 4.67. The van der Waals surface area contributed by atoms with Gasteiger partial charge in [-0.15, -0.1) is 0 Å². The lowest BCUT2D eigenvalue weighted by Gasteiger charge is -2.11. The molecule has 0 atom stereocenters. The van der Waals surface area contributed by atoms with Gasteiger partial charge in [-0.3, -0.25) is 4.40 Å². The maximum atomic E-state index is 12.9. The van der Waals surface area contributed by atoms with Crippen molar-refractivity contribution in [2.75, 3.05) is 5.32 Å². The third-order valence-corrected chi connectivity index (χ3v) is 4.63. The first-order valence-corrected chi connectivity index (χ1v) is 8.87. The molecule has 0 fully saturated rings. The fraction of sp³-hybridized carbons (Fsp3) is 0.136. The van der Waals surface area contributed by atoms with Crippen LogP contribution in [0.2, 0.25) is 0 Å². The van der Waals surface area contributed by atoms with Crippen molar-refractivity contribution in [3.8, 4) is 11.3 Å². The Labute approximate surface area is 160 Å². The summed E-state index contributed by atoms with van der Waals surface area (Å²) in [6.07, 6.45) is -4.36. The van der Waals surface area contributed by atoms with E-state index in [9.17, 15) is 13.2 Å². The fourth-order valence-electron chi connectivity index (χ4n) is 3.22. The second-order valence-electron chi connectivity index (χ2n) is 6.58. The molecule has 0 aliphatic carbocycles. The second-order valence-corrected chi connectivity index (χ2v) is 6.58. The van der Waals surface area contributed by atoms with Crippen LogP contribution in [0.15, 0.2) is 72.8 Å². The smallest absolute Gasteiger partial charge is 0.365 e. The van der Waals surface area contributed by atoms with E-state index < -0.39 is 11.7 Å². The average Bonchev–Trinajstić information content (AvgIpc) is 3.06. The number of nitrogens with zero attached hydrogens (tertiary/aromatic N) is 2. The number of nitrogens with one attached hydrogen (secondary N) is 1. The van der Waals surface area contributed by atoms with Crippen LogP contribution in [-0.4, -0.2) is 9.38 Å². The largest absolute Gasteiger partial charge is 0.416 e. The molecule has 0 saturated heterocycles. The summed E-state index contributed by atoms with van der Waals surface area (Å²) >= 11 is 0. The third-order valence-electron chi connectivity index (χ3n) is 4.63. The molecule has 4 aromatic rings. The highest BCUT2D eigenvalue weighted by molar-refractivity contribution is 5.77. The number of halogens is 3. The molecule has 0 amide bonds. The number of imidazole rings is 1. The number of benzene rings is 2. The number of aromatic nitrogens is 2. The zero-order valence-corrected chi connectivity index (χ0v) is 15.2. The summed E-state index contributed by atoms with van der Waals surface area (Å²) in [5.74, 6) is 0.761. The quantitative estimate of drug-likeness (QED) is 0.474. The first kappa shape index (κ1) is 18.1. The highest BCUT2D eigenvalue weighted by Crippen LogP contribution is 2.34. The minimum Gasteiger partial charge on any atom is -0.365 e. The van der Waals surface area contributed by atoms with Gasteiger partial charge >= 0.3 is 6.18 Å². The first-order valence-electron chi connectivity index (χ1n) is 8.87. The molecule has 1 N–H and O–H groups in total. The van der Waals surface area contributed by atoms with Crippen molar-refractivity contribution in [3.63, 3.8) is 0 Å². The van der Waals surface area contributed by atoms with E-state index in [1.165, 1.54) is 12.1 Å². The topological polar surface area (TPSA) is 29.3 Å². The van der Waals surface area contributed by atoms with Gasteiger partial charge in [0.05, 0.1) is 5.56 Å². The Kier molecular flexibility index (Phi) is 4.55. The molecule has 0 saturated carbocycles. The van der Waals surface area contributed by atoms with E-state index in [0.717, 1.165) is 34.9 Å². The Hall–Kier alpha value is -3.28. The van der Waals surface area contributed by atoms with Crippen molar-refractivity contribution in [2.45, 2.75) is 19.6 Å². The van der Waals surface area contributed by atoms with Gasteiger partial charge in [0, 0.05) is 17.8 Å². The van der Waals surface area contributed by atoms with Gasteiger partial charge in [0.15, 0.2) is 0 Å². The number of anilines is 1. The van der Waals surface area contributed by atoms with Crippen molar-refractivity contribution in [3.05, 3.63) is 89.6 Å². The molecule has 0 aliphatic rings. The Balaban J connectivity index is 1.78. The first-order chi connectivity index (χ1) is 13.4. The van der Waals surface area contributed by atoms with E-state index in [2.05, 4.69) is 10.3 Å². The second kappa shape index (κ2) is 7.03. The summed E-state index contributed by atoms with van der Waals surface area (Å²) in [7, 11) is 0. The molecule has 2 heterocycles. The van der Waals surface area contributed by atoms with Crippen molar-refractivity contribution < 1.29 is 13.2 Å². The lowest BCUT2D eigenvalue weighted by Crippen LogP contribution is -2.05. The van der Waals surface area contributed by atoms with Gasteiger partial charge in [-0.05, 0) is 36.8 Å². The molecule has 0 bridgehead atoms. The number of pyridine rings is 1. The monoisotopic (exact) mass is 381 g/mol. The molecular weight excluding hydrogens is 363 g/mol. The Morgan fingerprint density at radius 1 is 0.893 bits per heavy atom. The van der Waals surface area contributed by atoms with Crippen LogP contribution in [0, 0.1) is 6.92 Å². The summed E-state index contributed by atoms with van der Waals surface area (Å²) in [5, 5.41) is 3.41. The minimum atomic E-state index is -4.36. The molecule has 0 radical (unpaired) electrons. The van der Waals surface area contributed by atoms with E-state index in [-0.39, 0.29) is 0 Å². The molecule has 2 aromatic carbocycles. The molecule has 0 aliphatic heterocycles. The standard InChI is InChI=1S/C22H18F3N3/c1-15-6-5-9-19-27-20(17-10-12-18(13-11-17)22(23,24)25)21(28(15)19)26-14-16-7-3-2-4-8-16/h2-13,26H,14H2,1H3. The third kappa shape index (κ3) is 3.45. The number of rotatable bonds is 4. The van der Waals surface area contributed by atoms with Crippen molar-refractivity contribution in [2.24, 2.45) is 0 Å². The molecule has 6 heteroatoms. The van der Waals surface area contributed by atoms with Gasteiger partial charge in [-0.2, -0.15) is 13.2 Å². The minimum absolute atomic E-state index is 0.580. The fourth-order valence-corrected chi connectivity index (χ4v) is 3.22. The number of hydrogen-bond donors (Lipinski definition) is 1. The molecule has 4 rings (SSSR count). The maximum Gasteiger partial charge on any atom is 0.416 e. The SMILES string of the molecule is Cc1cccc2nc(-c3ccc(C(F)(F)F)cc3)c(NCc3ccccc3)n12. The highest BCUT2D eigenvalue weighted by Gasteiger charge is 2.30. The number of alkyl halides is 3. The molecule has 2 aromatic heterocycles. The molecular formula is C22H18F3N3. The average molecular weight is 381 g/mol. The van der Waals surface area contributed by atoms with E-state index >= 15 is 0 Å². The zero-order valence-electron chi connectivity index (χ0n) is 15.2. The van der Waals surface area contributed by atoms with Crippen LogP contribution in [0.1, 0.15) is 16.8 Å². The molecule has 28 heavy (non-hydrogen) atoms. The zero-order chi connectivity index (χ0) is 19.7. The predicted octanol–water partition coefficient (Wildman–Crippen LogP) is 5.94. The lowest BCUT2D eigenvalue weighted by atomic mass is 10.1. The Morgan fingerprint density at radius 2 is 1.61 bits per heavy atom. The normalized spacial score (nSPS) is 11.7. The summed E-state index contributed by atoms with van der Waals surface area (Å²) in [6, 6.07) is 20.8. The maximum absolute atomic E-state index is 12.9. The van der Waals surface area contributed by atoms with Gasteiger partial charge in [0.2, 0.25) is 0 Å². The van der Waals surface area contributed by atoms with E-state index in [4.69, 9.17) is 0 Å². The van der Waals surface area contributed by atoms with Crippen molar-refractivity contribution in [1.82, 2.24) is 9.38 Å². The van der Waals surface area contributed by atoms with E-state index in [1.807, 2.05) is 59.9 Å². The van der Waals surface area contributed by atoms with Crippen LogP contribution >= 0.6 is 0 Å². The van der Waals surface area contributed by atoms with E-state index in [0.29, 0.717) is 17.8 Å². The van der Waals surface area contributed by atoms with Gasteiger partial charge in [-0.25, -0.2) is 4.98 Å². The molecule has 142 valence electrons. The Morgan fingerprint density at radius 3 is 2.29 bits per heavy atom. The van der Waals surface area contributed by atoms with Crippen LogP contribution in [0.5, 0.6) is 0 Å². The number of aryl methyl sites for hydroxylation is 1. The molecule has 3 nitrogen and oxygen atoms in total. The lowest BCUT2D eigenvalue weighted by molar-refractivity contribution is -0.137. The van der Waals surface area contributed by atoms with Crippen LogP contribution < -0.4 is 5.32 Å². The van der Waals surface area contributed by atoms with Crippen LogP contribution in [0.25, 0.3) is 16.9 Å². The van der Waals surface area contributed by atoms with Crippen LogP contribution in [0.4, 0.5) is 19.0 Å². The number of fused-ring (bicyclic) bond motifs is 1. The molecule has 0 unspecified atom stereocenters. The summed E-state index contributed by atoms with van der Waals surface area (Å²) in [5.41, 5.74) is 3.41. The summed E-state index contributed by atoms with van der Waals surface area (Å²) < 4.78 is 40.7.